The molecule has 3 aliphatic carbocycles. The van der Waals surface area contributed by atoms with Crippen LogP contribution < -0.4 is 10.6 Å². The summed E-state index contributed by atoms with van der Waals surface area (Å²) >= 11 is 0. The van der Waals surface area contributed by atoms with Gasteiger partial charge in [-0.1, -0.05) is 0 Å². The van der Waals surface area contributed by atoms with Gasteiger partial charge in [0.2, 0.25) is 11.8 Å². The van der Waals surface area contributed by atoms with E-state index in [1.807, 2.05) is 0 Å². The number of amides is 2. The van der Waals surface area contributed by atoms with Crippen molar-refractivity contribution in [3.05, 3.63) is 35.1 Å². The smallest absolute Gasteiger partial charge is 0.223 e. The number of hydrogen-bond donors (Lipinski definition) is 3. The molecule has 0 saturated heterocycles. The Morgan fingerprint density at radius 3 is 2.32 bits per heavy atom. The molecule has 31 heavy (non-hydrogen) atoms. The molecule has 5 nitrogen and oxygen atoms in total. The molecule has 4 atom stereocenters. The van der Waals surface area contributed by atoms with Gasteiger partial charge in [0.1, 0.15) is 11.5 Å². The van der Waals surface area contributed by atoms with E-state index in [-0.39, 0.29) is 38.0 Å². The molecule has 0 unspecified atom stereocenters. The number of aliphatic hydroxyl groups excluding tert-OH is 1. The van der Waals surface area contributed by atoms with Crippen LogP contribution in [0.5, 0.6) is 0 Å². The van der Waals surface area contributed by atoms with Crippen LogP contribution in [0.15, 0.2) is 12.1 Å². The number of hydrogen-bond acceptors (Lipinski definition) is 3. The second kappa shape index (κ2) is 7.76. The normalized spacial score (nSPS) is 35.2. The lowest BCUT2D eigenvalue weighted by atomic mass is 9.74. The third kappa shape index (κ3) is 3.92. The third-order valence-electron chi connectivity index (χ3n) is 7.37. The van der Waals surface area contributed by atoms with Crippen LogP contribution in [0.3, 0.4) is 0 Å². The SMILES string of the molecule is CC(=O)N[C@@H]1C[C@@H](C(=O)N[C@H](c2c(F)ccc(F)c2F)C23CCC(F)(CC2)C3)C[C@@H]1O. The Labute approximate surface area is 177 Å². The average Bonchev–Trinajstić information content (AvgIpc) is 3.35. The number of halogens is 4. The molecule has 3 fully saturated rings. The van der Waals surface area contributed by atoms with Gasteiger partial charge in [-0.2, -0.15) is 0 Å². The minimum absolute atomic E-state index is 0.0438. The second-order valence-corrected chi connectivity index (χ2v) is 9.43. The lowest BCUT2D eigenvalue weighted by Gasteiger charge is -2.37. The maximum atomic E-state index is 14.9. The van der Waals surface area contributed by atoms with Crippen LogP contribution in [0, 0.1) is 28.8 Å². The molecule has 0 radical (unpaired) electrons. The quantitative estimate of drug-likeness (QED) is 0.484. The van der Waals surface area contributed by atoms with E-state index in [0.717, 1.165) is 6.07 Å². The van der Waals surface area contributed by atoms with E-state index in [9.17, 15) is 32.3 Å². The van der Waals surface area contributed by atoms with Gasteiger partial charge in [0.15, 0.2) is 11.6 Å². The molecule has 0 aromatic heterocycles. The Hall–Kier alpha value is -2.16. The molecule has 170 valence electrons. The number of fused-ring (bicyclic) bond motifs is 2. The van der Waals surface area contributed by atoms with Gasteiger partial charge in [0.25, 0.3) is 0 Å². The van der Waals surface area contributed by atoms with E-state index in [4.69, 9.17) is 0 Å². The van der Waals surface area contributed by atoms with Crippen LogP contribution in [0.25, 0.3) is 0 Å². The minimum atomic E-state index is -1.44. The molecule has 3 saturated carbocycles. The van der Waals surface area contributed by atoms with Gasteiger partial charge >= 0.3 is 0 Å². The lowest BCUT2D eigenvalue weighted by Crippen LogP contribution is -2.43. The first-order chi connectivity index (χ1) is 14.5. The summed E-state index contributed by atoms with van der Waals surface area (Å²) in [5, 5.41) is 15.4. The Kier molecular flexibility index (Phi) is 5.52. The fraction of sp³-hybridized carbons (Fsp3) is 0.636. The summed E-state index contributed by atoms with van der Waals surface area (Å²) in [6, 6.07) is -0.349. The zero-order valence-electron chi connectivity index (χ0n) is 17.2. The van der Waals surface area contributed by atoms with Gasteiger partial charge in [-0.15, -0.1) is 0 Å². The summed E-state index contributed by atoms with van der Waals surface area (Å²) < 4.78 is 58.3. The first-order valence-electron chi connectivity index (χ1n) is 10.6. The average molecular weight is 442 g/mol. The minimum Gasteiger partial charge on any atom is -0.391 e. The first kappa shape index (κ1) is 22.0. The van der Waals surface area contributed by atoms with E-state index in [1.54, 1.807) is 0 Å². The topological polar surface area (TPSA) is 78.4 Å². The third-order valence-corrected chi connectivity index (χ3v) is 7.37. The largest absolute Gasteiger partial charge is 0.391 e. The van der Waals surface area contributed by atoms with Crippen LogP contribution in [0.2, 0.25) is 0 Å². The van der Waals surface area contributed by atoms with Crippen LogP contribution in [0.4, 0.5) is 17.6 Å². The van der Waals surface area contributed by atoms with Crippen molar-refractivity contribution in [2.45, 2.75) is 75.7 Å². The van der Waals surface area contributed by atoms with Gasteiger partial charge in [0.05, 0.1) is 18.2 Å². The number of carbonyl (C=O) groups is 2. The number of carbonyl (C=O) groups excluding carboxylic acids is 2. The summed E-state index contributed by atoms with van der Waals surface area (Å²) in [5.74, 6) is -5.23. The number of alkyl halides is 1. The molecule has 2 amide bonds. The predicted molar refractivity (Wildman–Crippen MR) is 103 cm³/mol. The molecule has 0 spiro atoms. The van der Waals surface area contributed by atoms with Crippen molar-refractivity contribution >= 4 is 11.8 Å². The number of nitrogens with one attached hydrogen (secondary N) is 2. The highest BCUT2D eigenvalue weighted by atomic mass is 19.2. The monoisotopic (exact) mass is 442 g/mol. The molecule has 4 rings (SSSR count). The predicted octanol–water partition coefficient (Wildman–Crippen LogP) is 3.21. The molecule has 3 N–H and O–H groups in total. The molecule has 0 heterocycles. The summed E-state index contributed by atoms with van der Waals surface area (Å²) in [6.45, 7) is 1.30. The van der Waals surface area contributed by atoms with Gasteiger partial charge in [-0.05, 0) is 62.5 Å². The molecule has 3 aliphatic rings. The molecule has 1 aromatic rings. The van der Waals surface area contributed by atoms with Crippen molar-refractivity contribution < 1.29 is 32.3 Å². The van der Waals surface area contributed by atoms with Crippen molar-refractivity contribution in [3.8, 4) is 0 Å². The first-order valence-corrected chi connectivity index (χ1v) is 10.6. The van der Waals surface area contributed by atoms with E-state index >= 15 is 0 Å². The maximum absolute atomic E-state index is 14.9. The van der Waals surface area contributed by atoms with E-state index < -0.39 is 64.1 Å². The van der Waals surface area contributed by atoms with E-state index in [2.05, 4.69) is 10.6 Å². The lowest BCUT2D eigenvalue weighted by molar-refractivity contribution is -0.127. The summed E-state index contributed by atoms with van der Waals surface area (Å²) in [6.07, 6.45) is 0.440. The molecular formula is C22H26F4N2O3. The Morgan fingerprint density at radius 1 is 1.10 bits per heavy atom. The summed E-state index contributed by atoms with van der Waals surface area (Å²) in [5.41, 5.74) is -2.94. The van der Waals surface area contributed by atoms with Gasteiger partial charge in [0, 0.05) is 18.4 Å². The molecule has 0 aliphatic heterocycles. The van der Waals surface area contributed by atoms with Crippen molar-refractivity contribution in [1.82, 2.24) is 10.6 Å². The van der Waals surface area contributed by atoms with Crippen molar-refractivity contribution in [3.63, 3.8) is 0 Å². The highest BCUT2D eigenvalue weighted by Gasteiger charge is 2.59. The van der Waals surface area contributed by atoms with Crippen LogP contribution in [-0.4, -0.2) is 34.7 Å². The van der Waals surface area contributed by atoms with Crippen LogP contribution >= 0.6 is 0 Å². The number of aliphatic hydroxyl groups is 1. The van der Waals surface area contributed by atoms with Gasteiger partial charge < -0.3 is 15.7 Å². The Balaban J connectivity index is 1.63. The maximum Gasteiger partial charge on any atom is 0.223 e. The zero-order chi connectivity index (χ0) is 22.6. The zero-order valence-corrected chi connectivity index (χ0v) is 17.2. The number of rotatable bonds is 5. The molecule has 1 aromatic carbocycles. The Bertz CT molecular complexity index is 901. The van der Waals surface area contributed by atoms with Crippen LogP contribution in [-0.2, 0) is 9.59 Å². The fourth-order valence-corrected chi connectivity index (χ4v) is 5.82. The van der Waals surface area contributed by atoms with Crippen molar-refractivity contribution in [2.75, 3.05) is 0 Å². The van der Waals surface area contributed by atoms with Crippen molar-refractivity contribution in [2.24, 2.45) is 11.3 Å². The summed E-state index contributed by atoms with van der Waals surface area (Å²) in [7, 11) is 0. The highest BCUT2D eigenvalue weighted by molar-refractivity contribution is 5.80. The highest BCUT2D eigenvalue weighted by Crippen LogP contribution is 2.63. The number of benzene rings is 1. The van der Waals surface area contributed by atoms with E-state index in [0.29, 0.717) is 18.9 Å². The van der Waals surface area contributed by atoms with Crippen LogP contribution in [0.1, 0.15) is 63.5 Å². The Morgan fingerprint density at radius 2 is 1.74 bits per heavy atom. The molecule has 9 heteroatoms. The molecule has 2 bridgehead atoms. The van der Waals surface area contributed by atoms with Crippen molar-refractivity contribution in [1.29, 1.82) is 0 Å². The van der Waals surface area contributed by atoms with E-state index in [1.165, 1.54) is 6.92 Å². The van der Waals surface area contributed by atoms with Gasteiger partial charge in [-0.25, -0.2) is 17.6 Å². The standard InChI is InChI=1S/C22H26F4N2O3/c1-11(29)27-15-8-12(9-16(15)30)20(31)28-19(17-13(23)2-3-14(24)18(17)25)21-4-6-22(26,10-21)7-5-21/h2-3,12,15-16,19,30H,4-10H2,1H3,(H,27,29)(H,28,31)/t12-,15-,16+,19-,21?,22?/m1/s1. The molecular weight excluding hydrogens is 416 g/mol. The van der Waals surface area contributed by atoms with Gasteiger partial charge in [-0.3, -0.25) is 9.59 Å². The fourth-order valence-electron chi connectivity index (χ4n) is 5.82. The second-order valence-electron chi connectivity index (χ2n) is 9.43. The summed E-state index contributed by atoms with van der Waals surface area (Å²) in [4.78, 5) is 24.4.